The van der Waals surface area contributed by atoms with Crippen LogP contribution >= 0.6 is 0 Å². The van der Waals surface area contributed by atoms with Crippen molar-refractivity contribution in [3.63, 3.8) is 0 Å². The molecule has 0 unspecified atom stereocenters. The molecule has 12 heteroatoms. The fraction of sp³-hybridized carbons (Fsp3) is 0.500. The van der Waals surface area contributed by atoms with Crippen molar-refractivity contribution >= 4 is 35.1 Å². The van der Waals surface area contributed by atoms with E-state index in [9.17, 15) is 22.7 Å². The van der Waals surface area contributed by atoms with Gasteiger partial charge in [0.15, 0.2) is 0 Å². The molecule has 40 heavy (non-hydrogen) atoms. The Labute approximate surface area is 242 Å². The second-order valence-electron chi connectivity index (χ2n) is 10.9. The van der Waals surface area contributed by atoms with Gasteiger partial charge < -0.3 is 9.47 Å². The van der Waals surface area contributed by atoms with E-state index >= 15 is 0 Å². The minimum absolute atomic E-state index is 0.0471. The van der Waals surface area contributed by atoms with Crippen molar-refractivity contribution in [3.8, 4) is 6.07 Å². The van der Waals surface area contributed by atoms with E-state index in [4.69, 9.17) is 9.47 Å². The van der Waals surface area contributed by atoms with Crippen LogP contribution in [0.1, 0.15) is 30.4 Å². The lowest BCUT2D eigenvalue weighted by Crippen LogP contribution is -2.47. The van der Waals surface area contributed by atoms with E-state index in [2.05, 4.69) is 30.4 Å². The number of carbonyl (C=O) groups is 1. The number of nitrogens with one attached hydrogen (secondary N) is 1. The number of nitriles is 1. The average Bonchev–Trinajstić information content (AvgIpc) is 2.90. The van der Waals surface area contributed by atoms with Crippen LogP contribution < -0.4 is 4.72 Å². The quantitative estimate of drug-likeness (QED) is 0.129. The van der Waals surface area contributed by atoms with Gasteiger partial charge in [0.2, 0.25) is 10.0 Å². The first kappa shape index (κ1) is 33.8. The van der Waals surface area contributed by atoms with E-state index in [0.717, 1.165) is 21.5 Å². The normalized spacial score (nSPS) is 14.3. The molecular formula is C28H41N3O6S2Si. The Bertz CT molecular complexity index is 1270. The summed E-state index contributed by atoms with van der Waals surface area (Å²) < 4.78 is 54.8. The zero-order valence-corrected chi connectivity index (χ0v) is 26.8. The van der Waals surface area contributed by atoms with Crippen LogP contribution in [0.25, 0.3) is 0 Å². The van der Waals surface area contributed by atoms with Gasteiger partial charge in [-0.15, -0.1) is 0 Å². The number of methoxy groups -OCH3 is 1. The molecule has 0 aliphatic heterocycles. The van der Waals surface area contributed by atoms with Crippen LogP contribution in [0.2, 0.25) is 25.7 Å². The lowest BCUT2D eigenvalue weighted by molar-refractivity contribution is -0.147. The summed E-state index contributed by atoms with van der Waals surface area (Å²) in [7, 11) is -5.93. The third-order valence-electron chi connectivity index (χ3n) is 6.27. The molecule has 3 atom stereocenters. The van der Waals surface area contributed by atoms with Crippen LogP contribution in [0.4, 0.5) is 0 Å². The smallest absolute Gasteiger partial charge is 0.324 e. The summed E-state index contributed by atoms with van der Waals surface area (Å²) in [5, 5.41) is 9.64. The fourth-order valence-corrected chi connectivity index (χ4v) is 6.94. The van der Waals surface area contributed by atoms with E-state index in [1.54, 1.807) is 24.3 Å². The van der Waals surface area contributed by atoms with Crippen molar-refractivity contribution < 1.29 is 26.9 Å². The van der Waals surface area contributed by atoms with Gasteiger partial charge in [0, 0.05) is 14.7 Å². The molecular weight excluding hydrogens is 567 g/mol. The largest absolute Gasteiger partial charge is 0.468 e. The maximum Gasteiger partial charge on any atom is 0.324 e. The summed E-state index contributed by atoms with van der Waals surface area (Å²) in [5.41, 5.74) is 1.93. The predicted octanol–water partition coefficient (Wildman–Crippen LogP) is 4.52. The molecule has 0 aliphatic rings. The number of carbonyl (C=O) groups excluding carboxylic acids is 1. The van der Waals surface area contributed by atoms with Crippen LogP contribution in [-0.4, -0.2) is 63.5 Å². The van der Waals surface area contributed by atoms with E-state index < -0.39 is 47.1 Å². The highest BCUT2D eigenvalue weighted by Gasteiger charge is 2.37. The van der Waals surface area contributed by atoms with Gasteiger partial charge in [-0.25, -0.2) is 17.3 Å². The van der Waals surface area contributed by atoms with Crippen molar-refractivity contribution in [1.82, 2.24) is 9.03 Å². The molecule has 0 bridgehead atoms. The summed E-state index contributed by atoms with van der Waals surface area (Å²) in [6.07, 6.45) is 0.633. The summed E-state index contributed by atoms with van der Waals surface area (Å²) in [6.45, 7) is 10.4. The number of nitrogens with zero attached hydrogens (tertiary/aromatic N) is 2. The third kappa shape index (κ3) is 10.5. The highest BCUT2D eigenvalue weighted by molar-refractivity contribution is 7.89. The zero-order chi connectivity index (χ0) is 29.9. The molecule has 2 aromatic rings. The van der Waals surface area contributed by atoms with Crippen LogP contribution in [0.15, 0.2) is 58.3 Å². The van der Waals surface area contributed by atoms with Gasteiger partial charge >= 0.3 is 5.97 Å². The maximum atomic E-state index is 13.7. The monoisotopic (exact) mass is 607 g/mol. The molecule has 0 spiro atoms. The number of aryl methyl sites for hydroxylation is 2. The highest BCUT2D eigenvalue weighted by atomic mass is 32.2. The lowest BCUT2D eigenvalue weighted by atomic mass is 10.1. The first-order valence-electron chi connectivity index (χ1n) is 13.2. The Balaban J connectivity index is 2.21. The Morgan fingerprint density at radius 3 is 2.15 bits per heavy atom. The van der Waals surface area contributed by atoms with E-state index in [-0.39, 0.29) is 24.5 Å². The van der Waals surface area contributed by atoms with E-state index in [1.807, 2.05) is 26.0 Å². The maximum absolute atomic E-state index is 13.7. The number of hydrogen-bond donors (Lipinski definition) is 1. The first-order chi connectivity index (χ1) is 18.8. The summed E-state index contributed by atoms with van der Waals surface area (Å²) in [4.78, 5) is 13.5. The SMILES string of the molecule is COC(=O)[C@H](CCC[C@H](C#N)N[S@](=O)c1ccc(C)cc1)N(COCC[Si](C)(C)C)S(=O)(=O)c1ccc(C)cc1. The number of rotatable bonds is 16. The molecule has 0 saturated heterocycles. The molecule has 9 nitrogen and oxygen atoms in total. The summed E-state index contributed by atoms with van der Waals surface area (Å²) >= 11 is 0. The topological polar surface area (TPSA) is 126 Å². The van der Waals surface area contributed by atoms with E-state index in [1.165, 1.54) is 19.2 Å². The molecule has 0 aliphatic carbocycles. The Kier molecular flexibility index (Phi) is 13.1. The predicted molar refractivity (Wildman–Crippen MR) is 159 cm³/mol. The standard InChI is InChI=1S/C28H41N3O6S2Si/c1-22-10-14-25(15-11-22)38(33)30-24(20-29)8-7-9-27(28(32)36-3)31(21-37-18-19-40(4,5)6)39(34,35)26-16-12-23(2)13-17-26/h10-17,24,27,30H,7-9,18-19,21H2,1-6H3/t24-,27+,38-/m1/s1. The summed E-state index contributed by atoms with van der Waals surface area (Å²) in [5.74, 6) is -0.714. The molecule has 0 radical (unpaired) electrons. The van der Waals surface area contributed by atoms with Crippen LogP contribution in [0, 0.1) is 25.2 Å². The number of ether oxygens (including phenoxy) is 2. The van der Waals surface area contributed by atoms with Crippen molar-refractivity contribution in [3.05, 3.63) is 59.7 Å². The minimum atomic E-state index is -4.11. The summed E-state index contributed by atoms with van der Waals surface area (Å²) in [6, 6.07) is 14.6. The Morgan fingerprint density at radius 1 is 1.05 bits per heavy atom. The third-order valence-corrected chi connectivity index (χ3v) is 11.0. The van der Waals surface area contributed by atoms with Crippen molar-refractivity contribution in [2.75, 3.05) is 20.4 Å². The van der Waals surface area contributed by atoms with Crippen LogP contribution in [0.5, 0.6) is 0 Å². The molecule has 0 aromatic heterocycles. The van der Waals surface area contributed by atoms with Gasteiger partial charge in [0.05, 0.1) is 23.0 Å². The minimum Gasteiger partial charge on any atom is -0.468 e. The molecule has 1 N–H and O–H groups in total. The molecule has 0 fully saturated rings. The highest BCUT2D eigenvalue weighted by Crippen LogP contribution is 2.23. The molecule has 2 aromatic carbocycles. The van der Waals surface area contributed by atoms with E-state index in [0.29, 0.717) is 17.9 Å². The average molecular weight is 608 g/mol. The molecule has 2 rings (SSSR count). The van der Waals surface area contributed by atoms with Gasteiger partial charge in [-0.2, -0.15) is 9.57 Å². The molecule has 0 amide bonds. The van der Waals surface area contributed by atoms with Gasteiger partial charge in [0.1, 0.15) is 29.8 Å². The van der Waals surface area contributed by atoms with Gasteiger partial charge in [-0.05, 0) is 63.4 Å². The molecule has 220 valence electrons. The lowest BCUT2D eigenvalue weighted by Gasteiger charge is -2.29. The number of hydrogen-bond acceptors (Lipinski definition) is 7. The second-order valence-corrected chi connectivity index (χ2v) is 19.7. The van der Waals surface area contributed by atoms with Crippen molar-refractivity contribution in [1.29, 1.82) is 5.26 Å². The Morgan fingerprint density at radius 2 is 1.62 bits per heavy atom. The second kappa shape index (κ2) is 15.6. The van der Waals surface area contributed by atoms with Gasteiger partial charge in [0.25, 0.3) is 0 Å². The fourth-order valence-electron chi connectivity index (χ4n) is 3.75. The Hall–Kier alpha value is -2.40. The molecule has 0 heterocycles. The number of sulfonamides is 1. The first-order valence-corrected chi connectivity index (χ1v) is 19.5. The number of esters is 1. The van der Waals surface area contributed by atoms with Gasteiger partial charge in [-0.1, -0.05) is 55.0 Å². The zero-order valence-electron chi connectivity index (χ0n) is 24.2. The van der Waals surface area contributed by atoms with Crippen molar-refractivity contribution in [2.45, 2.75) is 80.7 Å². The van der Waals surface area contributed by atoms with Crippen molar-refractivity contribution in [2.24, 2.45) is 0 Å². The number of benzene rings is 2. The molecule has 0 saturated carbocycles. The van der Waals surface area contributed by atoms with Gasteiger partial charge in [-0.3, -0.25) is 4.79 Å². The van der Waals surface area contributed by atoms with Crippen LogP contribution in [0.3, 0.4) is 0 Å². The van der Waals surface area contributed by atoms with Crippen LogP contribution in [-0.2, 0) is 35.3 Å².